The van der Waals surface area contributed by atoms with Crippen molar-refractivity contribution in [3.05, 3.63) is 12.8 Å². The van der Waals surface area contributed by atoms with E-state index in [2.05, 4.69) is 25.2 Å². The minimum Gasteiger partial charge on any atom is -0.747 e. The molecule has 9 nitrogen and oxygen atoms in total. The predicted molar refractivity (Wildman–Crippen MR) is 129 cm³/mol. The maximum absolute atomic E-state index is 12.1. The molecule has 11 heteroatoms. The smallest absolute Gasteiger partial charge is 0.747 e. The molecule has 0 N–H and O–H groups in total. The van der Waals surface area contributed by atoms with Gasteiger partial charge in [-0.15, -0.1) is 0 Å². The third kappa shape index (κ3) is 22.0. The van der Waals surface area contributed by atoms with Crippen LogP contribution >= 0.6 is 0 Å². The summed E-state index contributed by atoms with van der Waals surface area (Å²) in [5, 5.41) is -2.06. The number of rotatable bonds is 17. The summed E-state index contributed by atoms with van der Waals surface area (Å²) in [4.78, 5) is 33.9. The second-order valence-corrected chi connectivity index (χ2v) is 9.66. The molecule has 0 aliphatic carbocycles. The first-order valence-electron chi connectivity index (χ1n) is 12.0. The number of hydrogen-bond acceptors (Lipinski definition) is 9. The van der Waals surface area contributed by atoms with Crippen LogP contribution in [0.25, 0.3) is 0 Å². The van der Waals surface area contributed by atoms with Gasteiger partial charge in [0, 0.05) is 6.92 Å². The van der Waals surface area contributed by atoms with E-state index in [0.29, 0.717) is 0 Å². The average Bonchev–Trinajstić information content (AvgIpc) is 2.77. The summed E-state index contributed by atoms with van der Waals surface area (Å²) in [5.41, 5.74) is 0. The average molecular weight is 531 g/mol. The van der Waals surface area contributed by atoms with Crippen molar-refractivity contribution in [1.29, 1.82) is 0 Å². The van der Waals surface area contributed by atoms with Gasteiger partial charge in [-0.05, 0) is 24.7 Å². The van der Waals surface area contributed by atoms with Crippen LogP contribution in [0.5, 0.6) is 0 Å². The number of hydrogen-bond donors (Lipinski definition) is 0. The van der Waals surface area contributed by atoms with Gasteiger partial charge in [0.25, 0.3) is 0 Å². The number of unbranched alkanes of at least 4 members (excludes halogenated alkanes) is 2. The first-order chi connectivity index (χ1) is 16.0. The number of carbonyl (C=O) groups excluding carboxylic acids is 3. The Hall–Kier alpha value is -0.940. The van der Waals surface area contributed by atoms with E-state index in [0.717, 1.165) is 57.6 Å². The molecule has 0 amide bonds. The summed E-state index contributed by atoms with van der Waals surface area (Å²) < 4.78 is 48.7. The molecule has 0 aromatic heterocycles. The maximum Gasteiger partial charge on any atom is 1.00 e. The van der Waals surface area contributed by atoms with E-state index < -0.39 is 33.7 Å². The van der Waals surface area contributed by atoms with E-state index >= 15 is 0 Å². The van der Waals surface area contributed by atoms with Crippen LogP contribution in [0, 0.1) is 11.8 Å². The molecule has 0 spiro atoms. The maximum atomic E-state index is 12.1. The van der Waals surface area contributed by atoms with Crippen LogP contribution < -0.4 is 29.6 Å². The Kier molecular flexibility index (Phi) is 25.9. The van der Waals surface area contributed by atoms with Crippen molar-refractivity contribution in [2.75, 3.05) is 13.2 Å². The van der Waals surface area contributed by atoms with E-state index in [1.165, 1.54) is 6.92 Å². The van der Waals surface area contributed by atoms with Gasteiger partial charge in [-0.2, -0.15) is 0 Å². The molecule has 0 heterocycles. The van der Waals surface area contributed by atoms with Crippen molar-refractivity contribution in [1.82, 2.24) is 0 Å². The fourth-order valence-corrected chi connectivity index (χ4v) is 3.57. The van der Waals surface area contributed by atoms with E-state index in [1.54, 1.807) is 0 Å². The molecule has 0 rings (SSSR count). The van der Waals surface area contributed by atoms with Crippen molar-refractivity contribution in [3.63, 3.8) is 0 Å². The van der Waals surface area contributed by atoms with Crippen LogP contribution in [-0.2, 0) is 38.7 Å². The molecule has 35 heavy (non-hydrogen) atoms. The van der Waals surface area contributed by atoms with Crippen LogP contribution in [0.15, 0.2) is 12.8 Å². The fourth-order valence-electron chi connectivity index (χ4n) is 2.93. The standard InChI is InChI=1S/C20H38O7S.C4H6O2.Na/c1-5-9-11-16(7-3)14-26-19(21)13-18(28(23,24)25)20(22)27-15-17(8-4)12-10-6-2;1-3-6-4(2)5;/h16-18H,5-15H2,1-4H3,(H,23,24,25);3H,1H2,2H3;/q;;+1/p-1. The molecule has 0 bridgehead atoms. The summed E-state index contributed by atoms with van der Waals surface area (Å²) in [6.45, 7) is 12.7. The van der Waals surface area contributed by atoms with Gasteiger partial charge in [-0.25, -0.2) is 8.42 Å². The Balaban J connectivity index is -0.00000129. The minimum atomic E-state index is -5.01. The molecule has 0 radical (unpaired) electrons. The molecule has 0 saturated heterocycles. The van der Waals surface area contributed by atoms with Gasteiger partial charge in [-0.3, -0.25) is 14.4 Å². The monoisotopic (exact) mass is 530 g/mol. The molecule has 3 atom stereocenters. The molecule has 0 saturated carbocycles. The Morgan fingerprint density at radius 1 is 0.914 bits per heavy atom. The first kappa shape index (κ1) is 38.6. The summed E-state index contributed by atoms with van der Waals surface area (Å²) >= 11 is 0. The van der Waals surface area contributed by atoms with E-state index in [9.17, 15) is 27.4 Å². The van der Waals surface area contributed by atoms with Gasteiger partial charge in [0.05, 0.1) is 25.9 Å². The van der Waals surface area contributed by atoms with Crippen molar-refractivity contribution in [2.45, 2.75) is 97.7 Å². The summed E-state index contributed by atoms with van der Waals surface area (Å²) in [6, 6.07) is 0. The van der Waals surface area contributed by atoms with Crippen molar-refractivity contribution in [2.24, 2.45) is 11.8 Å². The third-order valence-corrected chi connectivity index (χ3v) is 6.30. The quantitative estimate of drug-likeness (QED) is 0.0901. The minimum absolute atomic E-state index is 0. The number of esters is 3. The van der Waals surface area contributed by atoms with Crippen molar-refractivity contribution >= 4 is 28.0 Å². The Labute approximate surface area is 233 Å². The Morgan fingerprint density at radius 2 is 1.37 bits per heavy atom. The molecule has 0 fully saturated rings. The molecular weight excluding hydrogens is 487 g/mol. The fraction of sp³-hybridized carbons (Fsp3) is 0.792. The summed E-state index contributed by atoms with van der Waals surface area (Å²) in [6.07, 6.45) is 7.68. The molecule has 0 aliphatic rings. The topological polar surface area (TPSA) is 136 Å². The van der Waals surface area contributed by atoms with Gasteiger partial charge < -0.3 is 18.8 Å². The van der Waals surface area contributed by atoms with Gasteiger partial charge in [-0.1, -0.05) is 72.8 Å². The van der Waals surface area contributed by atoms with E-state index in [4.69, 9.17) is 9.47 Å². The Morgan fingerprint density at radius 3 is 1.69 bits per heavy atom. The largest absolute Gasteiger partial charge is 1.00 e. The zero-order valence-electron chi connectivity index (χ0n) is 22.4. The molecule has 200 valence electrons. The van der Waals surface area contributed by atoms with E-state index in [1.807, 2.05) is 13.8 Å². The van der Waals surface area contributed by atoms with Gasteiger partial charge in [0.1, 0.15) is 10.1 Å². The van der Waals surface area contributed by atoms with Gasteiger partial charge in [0.15, 0.2) is 5.25 Å². The Bertz CT molecular complexity index is 695. The molecule has 0 aliphatic heterocycles. The number of ether oxygens (including phenoxy) is 3. The summed E-state index contributed by atoms with van der Waals surface area (Å²) in [5.74, 6) is -2.07. The van der Waals surface area contributed by atoms with Gasteiger partial charge in [0.2, 0.25) is 0 Å². The SMILES string of the molecule is C=COC(C)=O.CCCCC(CC)COC(=O)CC(C(=O)OCC(CC)CCCC)S(=O)(=O)[O-].[Na+]. The van der Waals surface area contributed by atoms with Crippen molar-refractivity contribution < 1.29 is 71.1 Å². The van der Waals surface area contributed by atoms with Crippen LogP contribution in [0.3, 0.4) is 0 Å². The zero-order valence-corrected chi connectivity index (χ0v) is 25.2. The van der Waals surface area contributed by atoms with Crippen LogP contribution in [0.4, 0.5) is 0 Å². The molecule has 0 aromatic carbocycles. The first-order valence-corrected chi connectivity index (χ1v) is 13.5. The number of carbonyl (C=O) groups is 3. The van der Waals surface area contributed by atoms with E-state index in [-0.39, 0.29) is 60.6 Å². The molecular formula is C24H43NaO9S. The second-order valence-electron chi connectivity index (χ2n) is 8.11. The third-order valence-electron chi connectivity index (χ3n) is 5.24. The summed E-state index contributed by atoms with van der Waals surface area (Å²) in [7, 11) is -5.01. The molecule has 0 aromatic rings. The van der Waals surface area contributed by atoms with Gasteiger partial charge >= 0.3 is 47.5 Å². The van der Waals surface area contributed by atoms with Crippen LogP contribution in [0.1, 0.15) is 92.4 Å². The zero-order chi connectivity index (χ0) is 26.6. The van der Waals surface area contributed by atoms with Crippen LogP contribution in [-0.4, -0.2) is 49.3 Å². The van der Waals surface area contributed by atoms with Crippen molar-refractivity contribution in [3.8, 4) is 0 Å². The predicted octanol–water partition coefficient (Wildman–Crippen LogP) is 1.51. The van der Waals surface area contributed by atoms with Crippen LogP contribution in [0.2, 0.25) is 0 Å². The molecule has 3 unspecified atom stereocenters. The second kappa shape index (κ2) is 23.5. The normalized spacial score (nSPS) is 13.1.